The van der Waals surface area contributed by atoms with E-state index in [-0.39, 0.29) is 36.5 Å². The quantitative estimate of drug-likeness (QED) is 0.139. The van der Waals surface area contributed by atoms with Gasteiger partial charge < -0.3 is 28.8 Å². The third-order valence-electron chi connectivity index (χ3n) is 8.07. The summed E-state index contributed by atoms with van der Waals surface area (Å²) in [5.41, 5.74) is 0. The monoisotopic (exact) mass is 554 g/mol. The summed E-state index contributed by atoms with van der Waals surface area (Å²) in [5, 5.41) is 11.0. The van der Waals surface area contributed by atoms with E-state index in [0.717, 1.165) is 64.2 Å². The first-order valence-corrected chi connectivity index (χ1v) is 15.3. The number of esters is 1. The average molecular weight is 555 g/mol. The van der Waals surface area contributed by atoms with Crippen LogP contribution in [0.3, 0.4) is 0 Å². The second-order valence-electron chi connectivity index (χ2n) is 11.1. The molecule has 8 heteroatoms. The topological polar surface area (TPSA) is 83.5 Å². The van der Waals surface area contributed by atoms with E-state index in [2.05, 4.69) is 19.1 Å². The van der Waals surface area contributed by atoms with Crippen molar-refractivity contribution in [1.29, 1.82) is 0 Å². The first kappa shape index (κ1) is 32.2. The van der Waals surface area contributed by atoms with Crippen LogP contribution in [0.15, 0.2) is 24.3 Å². The molecule has 3 unspecified atom stereocenters. The fraction of sp³-hybridized carbons (Fsp3) is 0.839. The molecule has 3 rings (SSSR count). The highest BCUT2D eigenvalue weighted by Gasteiger charge is 2.42. The molecule has 0 aromatic heterocycles. The summed E-state index contributed by atoms with van der Waals surface area (Å²) in [5.74, 6) is -0.362. The van der Waals surface area contributed by atoms with Gasteiger partial charge in [-0.3, -0.25) is 4.79 Å². The average Bonchev–Trinajstić information content (AvgIpc) is 3.25. The van der Waals surface area contributed by atoms with Gasteiger partial charge >= 0.3 is 5.97 Å². The Morgan fingerprint density at radius 3 is 2.49 bits per heavy atom. The normalized spacial score (nSPS) is 31.6. The van der Waals surface area contributed by atoms with Crippen LogP contribution in [0.25, 0.3) is 0 Å². The number of alkyl halides is 1. The molecule has 0 bridgehead atoms. The molecule has 1 N–H and O–H groups in total. The number of carbonyl (C=O) groups is 1. The van der Waals surface area contributed by atoms with Crippen molar-refractivity contribution in [2.75, 3.05) is 20.3 Å². The number of ether oxygens (including phenoxy) is 5. The van der Waals surface area contributed by atoms with Crippen LogP contribution >= 0.6 is 0 Å². The molecule has 0 spiro atoms. The van der Waals surface area contributed by atoms with Gasteiger partial charge in [-0.05, 0) is 70.1 Å². The van der Waals surface area contributed by atoms with E-state index in [9.17, 15) is 9.90 Å². The molecule has 1 aliphatic carbocycles. The van der Waals surface area contributed by atoms with Gasteiger partial charge in [0, 0.05) is 32.0 Å². The zero-order chi connectivity index (χ0) is 27.9. The molecule has 224 valence electrons. The fourth-order valence-corrected chi connectivity index (χ4v) is 5.73. The van der Waals surface area contributed by atoms with Crippen LogP contribution in [-0.2, 0) is 28.5 Å². The van der Waals surface area contributed by atoms with Crippen molar-refractivity contribution in [3.8, 4) is 0 Å². The summed E-state index contributed by atoms with van der Waals surface area (Å²) >= 11 is 0. The second kappa shape index (κ2) is 18.2. The Morgan fingerprint density at radius 1 is 1.08 bits per heavy atom. The van der Waals surface area contributed by atoms with Gasteiger partial charge in [-0.15, -0.1) is 0 Å². The number of unbranched alkanes of at least 4 members (excludes halogenated alkanes) is 2. The Hall–Kier alpha value is -1.32. The number of aliphatic hydroxyl groups excluding tert-OH is 1. The molecule has 7 nitrogen and oxygen atoms in total. The minimum absolute atomic E-state index is 0.0630. The Labute approximate surface area is 234 Å². The van der Waals surface area contributed by atoms with Gasteiger partial charge in [0.15, 0.2) is 12.6 Å². The van der Waals surface area contributed by atoms with Crippen LogP contribution in [0.5, 0.6) is 0 Å². The zero-order valence-corrected chi connectivity index (χ0v) is 24.0. The van der Waals surface area contributed by atoms with Crippen LogP contribution in [0.4, 0.5) is 4.39 Å². The van der Waals surface area contributed by atoms with Gasteiger partial charge in [-0.1, -0.05) is 44.1 Å². The lowest BCUT2D eigenvalue weighted by Crippen LogP contribution is -2.33. The number of rotatable bonds is 16. The summed E-state index contributed by atoms with van der Waals surface area (Å²) in [6, 6.07) is 0. The summed E-state index contributed by atoms with van der Waals surface area (Å²) in [7, 11) is 1.40. The number of aliphatic hydroxyl groups is 1. The van der Waals surface area contributed by atoms with Crippen LogP contribution in [-0.4, -0.2) is 68.5 Å². The first-order valence-electron chi connectivity index (χ1n) is 15.3. The van der Waals surface area contributed by atoms with Gasteiger partial charge in [0.05, 0.1) is 19.3 Å². The maximum Gasteiger partial charge on any atom is 0.305 e. The molecule has 2 saturated heterocycles. The Morgan fingerprint density at radius 2 is 1.82 bits per heavy atom. The summed E-state index contributed by atoms with van der Waals surface area (Å²) in [6.45, 7) is 3.40. The molecule has 3 aliphatic rings. The highest BCUT2D eigenvalue weighted by atomic mass is 19.1. The van der Waals surface area contributed by atoms with E-state index in [1.807, 2.05) is 12.2 Å². The number of methoxy groups -OCH3 is 1. The molecule has 0 aromatic rings. The van der Waals surface area contributed by atoms with Crippen molar-refractivity contribution < 1.29 is 38.0 Å². The highest BCUT2D eigenvalue weighted by Crippen LogP contribution is 2.40. The third-order valence-corrected chi connectivity index (χ3v) is 8.07. The van der Waals surface area contributed by atoms with E-state index < -0.39 is 18.4 Å². The lowest BCUT2D eigenvalue weighted by atomic mass is 9.89. The van der Waals surface area contributed by atoms with E-state index in [4.69, 9.17) is 23.7 Å². The minimum Gasteiger partial charge on any atom is -0.469 e. The maximum absolute atomic E-state index is 15.4. The molecule has 39 heavy (non-hydrogen) atoms. The van der Waals surface area contributed by atoms with Crippen molar-refractivity contribution in [3.63, 3.8) is 0 Å². The molecule has 8 atom stereocenters. The van der Waals surface area contributed by atoms with Crippen LogP contribution in [0.1, 0.15) is 96.8 Å². The first-order chi connectivity index (χ1) is 19.0. The smallest absolute Gasteiger partial charge is 0.305 e. The molecule has 2 aliphatic heterocycles. The number of hydrogen-bond donors (Lipinski definition) is 1. The number of allylic oxidation sites excluding steroid dienone is 2. The molecule has 2 heterocycles. The Bertz CT molecular complexity index is 732. The van der Waals surface area contributed by atoms with Crippen LogP contribution < -0.4 is 0 Å². The van der Waals surface area contributed by atoms with Gasteiger partial charge in [-0.2, -0.15) is 0 Å². The van der Waals surface area contributed by atoms with Crippen molar-refractivity contribution >= 4 is 5.97 Å². The van der Waals surface area contributed by atoms with E-state index in [1.54, 1.807) is 0 Å². The van der Waals surface area contributed by atoms with E-state index in [0.29, 0.717) is 38.9 Å². The SMILES string of the molecule is CCCCC(F)[C@@H](/C=C/[C@@H]1[C@@H](C/C=C\CCCC(=O)OC)[C@H](O)C[C@H]1OC1CCCCO1)OC1CCCCO1. The largest absolute Gasteiger partial charge is 0.469 e. The number of halogens is 1. The standard InChI is InChI=1S/C31H51FO7/c1-3-4-14-25(32)27(38-30-16-9-11-20-36-30)19-18-24-23(13-7-5-6-8-15-29(34)35-2)26(33)22-28(24)39-31-17-10-12-21-37-31/h5,7,18-19,23-28,30-31,33H,3-4,6,8-17,20-22H2,1-2H3/b7-5-,19-18+/t23-,24-,25?,26-,27-,28-,30?,31?/m1/s1. The van der Waals surface area contributed by atoms with E-state index >= 15 is 4.39 Å². The van der Waals surface area contributed by atoms with Crippen LogP contribution in [0.2, 0.25) is 0 Å². The summed E-state index contributed by atoms with van der Waals surface area (Å²) < 4.78 is 44.2. The Balaban J connectivity index is 1.69. The lowest BCUT2D eigenvalue weighted by Gasteiger charge is -2.30. The zero-order valence-electron chi connectivity index (χ0n) is 24.0. The molecular formula is C31H51FO7. The minimum atomic E-state index is -1.12. The molecule has 0 amide bonds. The van der Waals surface area contributed by atoms with Gasteiger partial charge in [0.1, 0.15) is 12.3 Å². The predicted octanol–water partition coefficient (Wildman–Crippen LogP) is 6.18. The number of hydrogen-bond acceptors (Lipinski definition) is 7. The van der Waals surface area contributed by atoms with Crippen molar-refractivity contribution in [1.82, 2.24) is 0 Å². The molecule has 0 radical (unpaired) electrons. The van der Waals surface area contributed by atoms with Gasteiger partial charge in [0.2, 0.25) is 0 Å². The maximum atomic E-state index is 15.4. The van der Waals surface area contributed by atoms with Gasteiger partial charge in [-0.25, -0.2) is 4.39 Å². The predicted molar refractivity (Wildman–Crippen MR) is 148 cm³/mol. The van der Waals surface area contributed by atoms with Crippen LogP contribution in [0, 0.1) is 11.8 Å². The fourth-order valence-electron chi connectivity index (χ4n) is 5.73. The van der Waals surface area contributed by atoms with Crippen molar-refractivity contribution in [2.24, 2.45) is 11.8 Å². The molecular weight excluding hydrogens is 503 g/mol. The van der Waals surface area contributed by atoms with Crippen molar-refractivity contribution in [3.05, 3.63) is 24.3 Å². The third kappa shape index (κ3) is 11.2. The lowest BCUT2D eigenvalue weighted by molar-refractivity contribution is -0.193. The summed E-state index contributed by atoms with van der Waals surface area (Å²) in [4.78, 5) is 11.3. The number of carbonyl (C=O) groups excluding carboxylic acids is 1. The van der Waals surface area contributed by atoms with Crippen molar-refractivity contribution in [2.45, 2.75) is 134 Å². The highest BCUT2D eigenvalue weighted by molar-refractivity contribution is 5.69. The summed E-state index contributed by atoms with van der Waals surface area (Å²) in [6.07, 6.45) is 15.8. The molecule has 3 fully saturated rings. The van der Waals surface area contributed by atoms with E-state index in [1.165, 1.54) is 7.11 Å². The Kier molecular flexibility index (Phi) is 15.0. The van der Waals surface area contributed by atoms with Gasteiger partial charge in [0.25, 0.3) is 0 Å². The molecule has 1 saturated carbocycles. The molecule has 0 aromatic carbocycles. The second-order valence-corrected chi connectivity index (χ2v) is 11.1.